The molecule has 130 valence electrons. The van der Waals surface area contributed by atoms with Crippen LogP contribution in [0.1, 0.15) is 88.4 Å². The zero-order valence-electron chi connectivity index (χ0n) is 14.3. The van der Waals surface area contributed by atoms with Gasteiger partial charge in [0.15, 0.2) is 6.17 Å². The van der Waals surface area contributed by atoms with Crippen molar-refractivity contribution in [2.24, 2.45) is 5.92 Å². The first-order chi connectivity index (χ1) is 10.9. The first-order valence-electron chi connectivity index (χ1n) is 9.04. The van der Waals surface area contributed by atoms with E-state index in [2.05, 4.69) is 6.92 Å². The molecule has 1 aliphatic carbocycles. The number of hydrogen-bond acceptors (Lipinski definition) is 0. The zero-order chi connectivity index (χ0) is 16.9. The molecular weight excluding hydrogens is 297 g/mol. The van der Waals surface area contributed by atoms with E-state index < -0.39 is 12.1 Å². The summed E-state index contributed by atoms with van der Waals surface area (Å²) in [5.74, 6) is -2.33. The van der Waals surface area contributed by atoms with Crippen molar-refractivity contribution in [3.05, 3.63) is 35.4 Å². The van der Waals surface area contributed by atoms with Crippen LogP contribution in [-0.4, -0.2) is 5.92 Å². The average molecular weight is 326 g/mol. The summed E-state index contributed by atoms with van der Waals surface area (Å²) in [5, 5.41) is 0. The molecule has 1 atom stereocenters. The maximum atomic E-state index is 14.2. The molecule has 1 unspecified atom stereocenters. The highest BCUT2D eigenvalue weighted by molar-refractivity contribution is 5.33. The predicted octanol–water partition coefficient (Wildman–Crippen LogP) is 7.21. The Kier molecular flexibility index (Phi) is 6.55. The Morgan fingerprint density at radius 3 is 2.35 bits per heavy atom. The molecule has 1 aromatic carbocycles. The molecule has 0 nitrogen and oxygen atoms in total. The van der Waals surface area contributed by atoms with E-state index in [1.807, 2.05) is 12.1 Å². The van der Waals surface area contributed by atoms with Crippen molar-refractivity contribution in [2.45, 2.75) is 83.2 Å². The van der Waals surface area contributed by atoms with Crippen LogP contribution in [0.15, 0.2) is 24.3 Å². The lowest BCUT2D eigenvalue weighted by molar-refractivity contribution is -0.0571. The van der Waals surface area contributed by atoms with Crippen molar-refractivity contribution in [3.8, 4) is 0 Å². The van der Waals surface area contributed by atoms with Crippen molar-refractivity contribution >= 4 is 0 Å². The van der Waals surface area contributed by atoms with E-state index in [1.165, 1.54) is 31.7 Å². The van der Waals surface area contributed by atoms with Gasteiger partial charge < -0.3 is 0 Å². The summed E-state index contributed by atoms with van der Waals surface area (Å²) >= 11 is 0. The summed E-state index contributed by atoms with van der Waals surface area (Å²) in [7, 11) is 0. The molecule has 1 fully saturated rings. The highest BCUT2D eigenvalue weighted by Crippen LogP contribution is 2.43. The highest BCUT2D eigenvalue weighted by Gasteiger charge is 2.38. The van der Waals surface area contributed by atoms with Gasteiger partial charge in [-0.3, -0.25) is 0 Å². The molecule has 0 amide bonds. The minimum absolute atomic E-state index is 0.189. The zero-order valence-corrected chi connectivity index (χ0v) is 14.3. The second kappa shape index (κ2) is 8.21. The van der Waals surface area contributed by atoms with Gasteiger partial charge in [0.2, 0.25) is 0 Å². The SMILES string of the molecule is CCCCCC1CCC(c2ccccc2C(F)C(C)(F)F)CC1. The molecule has 1 saturated carbocycles. The van der Waals surface area contributed by atoms with Crippen LogP contribution in [0, 0.1) is 5.92 Å². The van der Waals surface area contributed by atoms with Gasteiger partial charge >= 0.3 is 0 Å². The fourth-order valence-corrected chi connectivity index (χ4v) is 3.83. The number of alkyl halides is 3. The van der Waals surface area contributed by atoms with E-state index in [0.29, 0.717) is 6.92 Å². The molecule has 0 bridgehead atoms. The van der Waals surface area contributed by atoms with E-state index in [1.54, 1.807) is 6.07 Å². The van der Waals surface area contributed by atoms with Crippen molar-refractivity contribution in [2.75, 3.05) is 0 Å². The molecule has 0 radical (unpaired) electrons. The second-order valence-electron chi connectivity index (χ2n) is 7.16. The fourth-order valence-electron chi connectivity index (χ4n) is 3.83. The molecule has 0 N–H and O–H groups in total. The van der Waals surface area contributed by atoms with Crippen LogP contribution in [0.4, 0.5) is 13.2 Å². The highest BCUT2D eigenvalue weighted by atomic mass is 19.3. The lowest BCUT2D eigenvalue weighted by Crippen LogP contribution is -2.21. The van der Waals surface area contributed by atoms with Gasteiger partial charge in [-0.05, 0) is 48.6 Å². The third kappa shape index (κ3) is 4.99. The summed E-state index contributed by atoms with van der Waals surface area (Å²) in [4.78, 5) is 0. The summed E-state index contributed by atoms with van der Waals surface area (Å²) in [5.41, 5.74) is 0.989. The van der Waals surface area contributed by atoms with Crippen LogP contribution in [0.25, 0.3) is 0 Å². The first kappa shape index (κ1) is 18.4. The summed E-state index contributed by atoms with van der Waals surface area (Å²) in [6.07, 6.45) is 7.17. The van der Waals surface area contributed by atoms with Crippen molar-refractivity contribution in [1.82, 2.24) is 0 Å². The lowest BCUT2D eigenvalue weighted by atomic mass is 9.75. The molecule has 0 spiro atoms. The molecule has 3 heteroatoms. The van der Waals surface area contributed by atoms with Crippen LogP contribution < -0.4 is 0 Å². The molecule has 1 aromatic rings. The first-order valence-corrected chi connectivity index (χ1v) is 9.04. The van der Waals surface area contributed by atoms with Crippen LogP contribution in [0.3, 0.4) is 0 Å². The number of halogens is 3. The molecule has 1 aliphatic rings. The quantitative estimate of drug-likeness (QED) is 0.464. The van der Waals surface area contributed by atoms with Crippen molar-refractivity contribution in [1.29, 1.82) is 0 Å². The van der Waals surface area contributed by atoms with Gasteiger partial charge in [0.1, 0.15) is 0 Å². The van der Waals surface area contributed by atoms with Crippen molar-refractivity contribution < 1.29 is 13.2 Å². The van der Waals surface area contributed by atoms with Gasteiger partial charge in [0.25, 0.3) is 5.92 Å². The normalized spacial score (nSPS) is 23.7. The topological polar surface area (TPSA) is 0 Å². The van der Waals surface area contributed by atoms with Gasteiger partial charge in [-0.1, -0.05) is 56.9 Å². The monoisotopic (exact) mass is 326 g/mol. The number of rotatable bonds is 7. The Morgan fingerprint density at radius 2 is 1.74 bits per heavy atom. The second-order valence-corrected chi connectivity index (χ2v) is 7.16. The van der Waals surface area contributed by atoms with Gasteiger partial charge in [-0.2, -0.15) is 0 Å². The molecule has 2 rings (SSSR count). The fraction of sp³-hybridized carbons (Fsp3) is 0.700. The summed E-state index contributed by atoms with van der Waals surface area (Å²) in [6, 6.07) is 6.88. The third-order valence-electron chi connectivity index (χ3n) is 5.22. The molecule has 0 heterocycles. The number of benzene rings is 1. The smallest absolute Gasteiger partial charge is 0.236 e. The Balaban J connectivity index is 2.01. The van der Waals surface area contributed by atoms with Crippen LogP contribution in [0.5, 0.6) is 0 Å². The molecule has 23 heavy (non-hydrogen) atoms. The molecule has 0 aliphatic heterocycles. The number of hydrogen-bond donors (Lipinski definition) is 0. The Morgan fingerprint density at radius 1 is 1.09 bits per heavy atom. The van der Waals surface area contributed by atoms with Crippen LogP contribution >= 0.6 is 0 Å². The predicted molar refractivity (Wildman–Crippen MR) is 89.8 cm³/mol. The summed E-state index contributed by atoms with van der Waals surface area (Å²) < 4.78 is 41.0. The van der Waals surface area contributed by atoms with E-state index in [-0.39, 0.29) is 11.5 Å². The van der Waals surface area contributed by atoms with E-state index in [4.69, 9.17) is 0 Å². The molecule has 0 aromatic heterocycles. The standard InChI is InChI=1S/C20H29F3/c1-3-4-5-8-15-11-13-16(14-12-15)17-9-6-7-10-18(17)19(21)20(2,22)23/h6-7,9-10,15-16,19H,3-5,8,11-14H2,1-2H3. The van der Waals surface area contributed by atoms with Gasteiger partial charge in [0, 0.05) is 6.92 Å². The maximum Gasteiger partial charge on any atom is 0.280 e. The van der Waals surface area contributed by atoms with E-state index >= 15 is 0 Å². The Labute approximate surface area is 138 Å². The molecular formula is C20H29F3. The number of unbranched alkanes of at least 4 members (excludes halogenated alkanes) is 2. The molecule has 0 saturated heterocycles. The lowest BCUT2D eigenvalue weighted by Gasteiger charge is -2.31. The third-order valence-corrected chi connectivity index (χ3v) is 5.22. The van der Waals surface area contributed by atoms with E-state index in [9.17, 15) is 13.2 Å². The Bertz CT molecular complexity index is 470. The van der Waals surface area contributed by atoms with Gasteiger partial charge in [-0.25, -0.2) is 13.2 Å². The van der Waals surface area contributed by atoms with Crippen LogP contribution in [-0.2, 0) is 0 Å². The average Bonchev–Trinajstić information content (AvgIpc) is 2.54. The minimum Gasteiger partial charge on any atom is -0.236 e. The van der Waals surface area contributed by atoms with Crippen LogP contribution in [0.2, 0.25) is 0 Å². The maximum absolute atomic E-state index is 14.2. The van der Waals surface area contributed by atoms with Crippen molar-refractivity contribution in [3.63, 3.8) is 0 Å². The van der Waals surface area contributed by atoms with E-state index in [0.717, 1.165) is 37.2 Å². The largest absolute Gasteiger partial charge is 0.280 e. The van der Waals surface area contributed by atoms with Gasteiger partial charge in [0.05, 0.1) is 0 Å². The summed E-state index contributed by atoms with van der Waals surface area (Å²) in [6.45, 7) is 2.88. The van der Waals surface area contributed by atoms with Gasteiger partial charge in [-0.15, -0.1) is 0 Å². The Hall–Kier alpha value is -0.990. The minimum atomic E-state index is -3.33.